The van der Waals surface area contributed by atoms with Gasteiger partial charge in [0.1, 0.15) is 11.6 Å². The molecule has 1 N–H and O–H groups in total. The number of halogens is 1. The first-order chi connectivity index (χ1) is 14.1. The highest BCUT2D eigenvalue weighted by atomic mass is 19.1. The summed E-state index contributed by atoms with van der Waals surface area (Å²) in [5, 5.41) is 8.79. The van der Waals surface area contributed by atoms with Gasteiger partial charge in [0.25, 0.3) is 0 Å². The number of hydrogen-bond acceptors (Lipinski definition) is 4. The first-order valence-corrected chi connectivity index (χ1v) is 9.89. The molecule has 4 nitrogen and oxygen atoms in total. The SMILES string of the molecule is COc1ccc(F)cc1C(=O)C1CCCN(Cc2ccc(C#CCCO)cc2)C1. The number of ether oxygens (including phenoxy) is 1. The average molecular weight is 395 g/mol. The summed E-state index contributed by atoms with van der Waals surface area (Å²) in [5.41, 5.74) is 2.41. The summed E-state index contributed by atoms with van der Waals surface area (Å²) >= 11 is 0. The molecule has 1 heterocycles. The van der Waals surface area contributed by atoms with Crippen LogP contribution in [0, 0.1) is 23.6 Å². The van der Waals surface area contributed by atoms with Crippen molar-refractivity contribution in [3.8, 4) is 17.6 Å². The number of aliphatic hydroxyl groups excluding tert-OH is 1. The van der Waals surface area contributed by atoms with Crippen LogP contribution in [0.2, 0.25) is 0 Å². The Morgan fingerprint density at radius 2 is 2.07 bits per heavy atom. The van der Waals surface area contributed by atoms with E-state index in [2.05, 4.69) is 16.7 Å². The zero-order valence-electron chi connectivity index (χ0n) is 16.7. The molecule has 2 aromatic rings. The molecule has 29 heavy (non-hydrogen) atoms. The van der Waals surface area contributed by atoms with Gasteiger partial charge in [-0.1, -0.05) is 24.0 Å². The van der Waals surface area contributed by atoms with Gasteiger partial charge in [0.05, 0.1) is 19.3 Å². The number of benzene rings is 2. The van der Waals surface area contributed by atoms with E-state index < -0.39 is 5.82 Å². The quantitative estimate of drug-likeness (QED) is 0.599. The van der Waals surface area contributed by atoms with E-state index in [1.54, 1.807) is 0 Å². The fourth-order valence-electron chi connectivity index (χ4n) is 3.68. The van der Waals surface area contributed by atoms with Crippen LogP contribution in [0.4, 0.5) is 4.39 Å². The molecule has 0 saturated carbocycles. The summed E-state index contributed by atoms with van der Waals surface area (Å²) in [4.78, 5) is 15.3. The molecule has 0 bridgehead atoms. The number of carbonyl (C=O) groups is 1. The molecular weight excluding hydrogens is 369 g/mol. The molecule has 0 amide bonds. The minimum atomic E-state index is -0.427. The van der Waals surface area contributed by atoms with Gasteiger partial charge in [-0.25, -0.2) is 4.39 Å². The molecule has 152 valence electrons. The molecule has 2 aromatic carbocycles. The maximum Gasteiger partial charge on any atom is 0.171 e. The third kappa shape index (κ3) is 5.66. The van der Waals surface area contributed by atoms with Gasteiger partial charge in [0, 0.05) is 31.0 Å². The Morgan fingerprint density at radius 1 is 1.28 bits per heavy atom. The van der Waals surface area contributed by atoms with E-state index in [1.807, 2.05) is 24.3 Å². The Hall–Kier alpha value is -2.68. The summed E-state index contributed by atoms with van der Waals surface area (Å²) in [5.74, 6) is 5.71. The fourth-order valence-corrected chi connectivity index (χ4v) is 3.68. The minimum Gasteiger partial charge on any atom is -0.496 e. The molecule has 1 aliphatic heterocycles. The number of aliphatic hydroxyl groups is 1. The molecule has 1 atom stereocenters. The molecule has 1 aliphatic rings. The lowest BCUT2D eigenvalue weighted by molar-refractivity contribution is 0.0808. The van der Waals surface area contributed by atoms with Gasteiger partial charge in [-0.15, -0.1) is 0 Å². The topological polar surface area (TPSA) is 49.8 Å². The molecule has 3 rings (SSSR count). The number of carbonyl (C=O) groups excluding carboxylic acids is 1. The van der Waals surface area contributed by atoms with Crippen molar-refractivity contribution >= 4 is 5.78 Å². The van der Waals surface area contributed by atoms with Crippen LogP contribution in [0.15, 0.2) is 42.5 Å². The highest BCUT2D eigenvalue weighted by Crippen LogP contribution is 2.27. The number of hydrogen-bond donors (Lipinski definition) is 1. The second-order valence-electron chi connectivity index (χ2n) is 7.26. The lowest BCUT2D eigenvalue weighted by atomic mass is 9.89. The number of likely N-dealkylation sites (tertiary alicyclic amines) is 1. The van der Waals surface area contributed by atoms with E-state index in [9.17, 15) is 9.18 Å². The molecule has 1 unspecified atom stereocenters. The summed E-state index contributed by atoms with van der Waals surface area (Å²) < 4.78 is 18.9. The number of ketones is 1. The molecule has 0 aromatic heterocycles. The predicted octanol–water partition coefficient (Wildman–Crippen LogP) is 3.66. The van der Waals surface area contributed by atoms with Crippen LogP contribution in [0.1, 0.15) is 40.7 Å². The van der Waals surface area contributed by atoms with Gasteiger partial charge in [-0.3, -0.25) is 9.69 Å². The Morgan fingerprint density at radius 3 is 2.79 bits per heavy atom. The number of Topliss-reactive ketones (excluding diaryl/α,β-unsaturated/α-hetero) is 1. The monoisotopic (exact) mass is 395 g/mol. The van der Waals surface area contributed by atoms with Crippen molar-refractivity contribution in [2.45, 2.75) is 25.8 Å². The van der Waals surface area contributed by atoms with Crippen LogP contribution in [0.25, 0.3) is 0 Å². The van der Waals surface area contributed by atoms with Gasteiger partial charge in [0.15, 0.2) is 5.78 Å². The Labute approximate surface area is 171 Å². The zero-order valence-corrected chi connectivity index (χ0v) is 16.7. The Balaban J connectivity index is 1.64. The second kappa shape index (κ2) is 10.2. The number of rotatable bonds is 6. The van der Waals surface area contributed by atoms with Gasteiger partial charge in [-0.05, 0) is 55.3 Å². The summed E-state index contributed by atoms with van der Waals surface area (Å²) in [6.45, 7) is 2.41. The van der Waals surface area contributed by atoms with Crippen molar-refractivity contribution in [2.24, 2.45) is 5.92 Å². The van der Waals surface area contributed by atoms with Gasteiger partial charge in [-0.2, -0.15) is 0 Å². The summed E-state index contributed by atoms with van der Waals surface area (Å²) in [6.07, 6.45) is 2.20. The van der Waals surface area contributed by atoms with Crippen molar-refractivity contribution in [3.05, 3.63) is 65.0 Å². The van der Waals surface area contributed by atoms with Crippen LogP contribution >= 0.6 is 0 Å². The van der Waals surface area contributed by atoms with E-state index in [1.165, 1.54) is 25.3 Å². The van der Waals surface area contributed by atoms with E-state index in [0.29, 0.717) is 24.3 Å². The van der Waals surface area contributed by atoms with Crippen LogP contribution in [0.5, 0.6) is 5.75 Å². The highest BCUT2D eigenvalue weighted by molar-refractivity contribution is 6.00. The summed E-state index contributed by atoms with van der Waals surface area (Å²) in [6, 6.07) is 12.1. The maximum absolute atomic E-state index is 13.7. The van der Waals surface area contributed by atoms with Crippen molar-refractivity contribution < 1.29 is 19.0 Å². The average Bonchev–Trinajstić information content (AvgIpc) is 2.75. The van der Waals surface area contributed by atoms with Crippen molar-refractivity contribution in [3.63, 3.8) is 0 Å². The largest absolute Gasteiger partial charge is 0.496 e. The van der Waals surface area contributed by atoms with Crippen LogP contribution in [-0.2, 0) is 6.54 Å². The van der Waals surface area contributed by atoms with E-state index in [0.717, 1.165) is 37.1 Å². The van der Waals surface area contributed by atoms with E-state index in [-0.39, 0.29) is 18.3 Å². The van der Waals surface area contributed by atoms with E-state index >= 15 is 0 Å². The Kier molecular flexibility index (Phi) is 7.40. The van der Waals surface area contributed by atoms with Gasteiger partial charge >= 0.3 is 0 Å². The lowest BCUT2D eigenvalue weighted by Crippen LogP contribution is -2.38. The minimum absolute atomic E-state index is 0.0550. The molecule has 0 radical (unpaired) electrons. The molecule has 1 fully saturated rings. The van der Waals surface area contributed by atoms with Gasteiger partial charge in [0.2, 0.25) is 0 Å². The fraction of sp³-hybridized carbons (Fsp3) is 0.375. The maximum atomic E-state index is 13.7. The molecule has 0 aliphatic carbocycles. The molecular formula is C24H26FNO3. The highest BCUT2D eigenvalue weighted by Gasteiger charge is 2.28. The van der Waals surface area contributed by atoms with Crippen LogP contribution in [0.3, 0.4) is 0 Å². The summed E-state index contributed by atoms with van der Waals surface area (Å²) in [7, 11) is 1.50. The first kappa shape index (κ1) is 21.0. The smallest absolute Gasteiger partial charge is 0.171 e. The third-order valence-corrected chi connectivity index (χ3v) is 5.13. The zero-order chi connectivity index (χ0) is 20.6. The van der Waals surface area contributed by atoms with Crippen molar-refractivity contribution in [1.82, 2.24) is 4.90 Å². The third-order valence-electron chi connectivity index (χ3n) is 5.13. The van der Waals surface area contributed by atoms with Gasteiger partial charge < -0.3 is 9.84 Å². The van der Waals surface area contributed by atoms with Crippen molar-refractivity contribution in [2.75, 3.05) is 26.8 Å². The lowest BCUT2D eigenvalue weighted by Gasteiger charge is -2.32. The number of piperidine rings is 1. The molecule has 5 heteroatoms. The van der Waals surface area contributed by atoms with Crippen LogP contribution < -0.4 is 4.74 Å². The number of nitrogens with zero attached hydrogens (tertiary/aromatic N) is 1. The Bertz CT molecular complexity index is 899. The van der Waals surface area contributed by atoms with E-state index in [4.69, 9.17) is 9.84 Å². The molecule has 1 saturated heterocycles. The van der Waals surface area contributed by atoms with Crippen molar-refractivity contribution in [1.29, 1.82) is 0 Å². The first-order valence-electron chi connectivity index (χ1n) is 9.89. The predicted molar refractivity (Wildman–Crippen MR) is 110 cm³/mol. The second-order valence-corrected chi connectivity index (χ2v) is 7.26. The van der Waals surface area contributed by atoms with Crippen LogP contribution in [-0.4, -0.2) is 42.6 Å². The normalized spacial score (nSPS) is 16.7. The molecule has 0 spiro atoms. The number of methoxy groups -OCH3 is 1. The standard InChI is InChI=1S/C24H26FNO3/c1-29-23-12-11-21(25)15-22(23)24(28)20-6-4-13-26(17-20)16-19-9-7-18(8-10-19)5-2-3-14-27/h7-12,15,20,27H,3-4,6,13-14,16-17H2,1H3.